The van der Waals surface area contributed by atoms with Crippen LogP contribution >= 0.6 is 15.9 Å². The van der Waals surface area contributed by atoms with Gasteiger partial charge in [-0.15, -0.1) is 0 Å². The van der Waals surface area contributed by atoms with Crippen molar-refractivity contribution in [2.24, 2.45) is 13.0 Å². The Balaban J connectivity index is 2.11. The highest BCUT2D eigenvalue weighted by Crippen LogP contribution is 2.21. The van der Waals surface area contributed by atoms with Crippen LogP contribution in [0.3, 0.4) is 0 Å². The summed E-state index contributed by atoms with van der Waals surface area (Å²) in [5.41, 5.74) is 3.87. The van der Waals surface area contributed by atoms with Gasteiger partial charge in [-0.25, -0.2) is 0 Å². The van der Waals surface area contributed by atoms with Crippen molar-refractivity contribution in [2.45, 2.75) is 26.2 Å². The lowest BCUT2D eigenvalue weighted by molar-refractivity contribution is 0.476. The number of hydrogen-bond donors (Lipinski definition) is 1. The Morgan fingerprint density at radius 1 is 1.29 bits per heavy atom. The van der Waals surface area contributed by atoms with Crippen molar-refractivity contribution in [1.82, 2.24) is 15.1 Å². The minimum absolute atomic E-state index is 0.564. The average Bonchev–Trinajstić information content (AvgIpc) is 2.82. The second kappa shape index (κ2) is 7.76. The molecule has 0 radical (unpaired) electrons. The van der Waals surface area contributed by atoms with Crippen LogP contribution in [0, 0.1) is 5.92 Å². The maximum absolute atomic E-state index is 4.55. The molecule has 1 unspecified atom stereocenters. The number of rotatable bonds is 7. The van der Waals surface area contributed by atoms with Crippen LogP contribution in [0.25, 0.3) is 0 Å². The second-order valence-electron chi connectivity index (χ2n) is 5.53. The summed E-state index contributed by atoms with van der Waals surface area (Å²) in [6.45, 7) is 3.16. The summed E-state index contributed by atoms with van der Waals surface area (Å²) in [5.74, 6) is 0.564. The van der Waals surface area contributed by atoms with Gasteiger partial charge in [0.1, 0.15) is 0 Å². The highest BCUT2D eigenvalue weighted by atomic mass is 79.9. The summed E-state index contributed by atoms with van der Waals surface area (Å²) in [5, 5.41) is 7.88. The smallest absolute Gasteiger partial charge is 0.0624 e. The van der Waals surface area contributed by atoms with Crippen LogP contribution < -0.4 is 5.32 Å². The highest BCUT2D eigenvalue weighted by Gasteiger charge is 2.14. The number of aromatic nitrogens is 2. The van der Waals surface area contributed by atoms with Crippen LogP contribution in [0.2, 0.25) is 0 Å². The first-order valence-electron chi connectivity index (χ1n) is 7.53. The van der Waals surface area contributed by atoms with Gasteiger partial charge < -0.3 is 5.32 Å². The lowest BCUT2D eigenvalue weighted by atomic mass is 9.94. The second-order valence-corrected chi connectivity index (χ2v) is 6.38. The third-order valence-corrected chi connectivity index (χ3v) is 4.62. The van der Waals surface area contributed by atoms with E-state index in [1.807, 2.05) is 18.8 Å². The molecule has 1 atom stereocenters. The van der Waals surface area contributed by atoms with E-state index in [1.54, 1.807) is 0 Å². The SMILES string of the molecule is CCc1cc(CC(CNC)Cc2ccccc2Br)n(C)n1. The Hall–Kier alpha value is -1.13. The third kappa shape index (κ3) is 4.42. The first-order chi connectivity index (χ1) is 10.1. The monoisotopic (exact) mass is 349 g/mol. The molecular weight excluding hydrogens is 326 g/mol. The van der Waals surface area contributed by atoms with Gasteiger partial charge in [0, 0.05) is 17.2 Å². The summed E-state index contributed by atoms with van der Waals surface area (Å²) >= 11 is 3.65. The van der Waals surface area contributed by atoms with Crippen molar-refractivity contribution in [3.63, 3.8) is 0 Å². The molecular formula is C17H24BrN3. The van der Waals surface area contributed by atoms with E-state index >= 15 is 0 Å². The molecule has 1 heterocycles. The van der Waals surface area contributed by atoms with Gasteiger partial charge in [0.2, 0.25) is 0 Å². The maximum Gasteiger partial charge on any atom is 0.0624 e. The molecule has 0 saturated heterocycles. The van der Waals surface area contributed by atoms with Crippen molar-refractivity contribution >= 4 is 15.9 Å². The van der Waals surface area contributed by atoms with Crippen LogP contribution in [0.15, 0.2) is 34.8 Å². The molecule has 0 aliphatic heterocycles. The van der Waals surface area contributed by atoms with Crippen molar-refractivity contribution in [3.05, 3.63) is 51.8 Å². The Morgan fingerprint density at radius 3 is 2.67 bits per heavy atom. The lowest BCUT2D eigenvalue weighted by Gasteiger charge is -2.17. The van der Waals surface area contributed by atoms with Crippen LogP contribution in [0.1, 0.15) is 23.9 Å². The Labute approximate surface area is 135 Å². The standard InChI is InChI=1S/C17H24BrN3/c1-4-15-11-16(21(3)20-15)10-13(12-19-2)9-14-7-5-6-8-17(14)18/h5-8,11,13,19H,4,9-10,12H2,1-3H3. The molecule has 0 aliphatic carbocycles. The molecule has 0 aliphatic rings. The Bertz CT molecular complexity index is 577. The minimum Gasteiger partial charge on any atom is -0.319 e. The summed E-state index contributed by atoms with van der Waals surface area (Å²) < 4.78 is 3.23. The van der Waals surface area contributed by atoms with Crippen molar-refractivity contribution in [3.8, 4) is 0 Å². The van der Waals surface area contributed by atoms with Crippen LogP contribution in [-0.4, -0.2) is 23.4 Å². The van der Waals surface area contributed by atoms with Gasteiger partial charge in [0.05, 0.1) is 5.69 Å². The van der Waals surface area contributed by atoms with Gasteiger partial charge in [0.15, 0.2) is 0 Å². The van der Waals surface area contributed by atoms with Crippen LogP contribution in [0.4, 0.5) is 0 Å². The fourth-order valence-electron chi connectivity index (χ4n) is 2.71. The van der Waals surface area contributed by atoms with E-state index in [1.165, 1.54) is 21.4 Å². The fourth-order valence-corrected chi connectivity index (χ4v) is 3.16. The molecule has 21 heavy (non-hydrogen) atoms. The third-order valence-electron chi connectivity index (χ3n) is 3.85. The first-order valence-corrected chi connectivity index (χ1v) is 8.33. The molecule has 3 nitrogen and oxygen atoms in total. The van der Waals surface area contributed by atoms with Gasteiger partial charge in [-0.1, -0.05) is 41.1 Å². The van der Waals surface area contributed by atoms with Crippen LogP contribution in [0.5, 0.6) is 0 Å². The van der Waals surface area contributed by atoms with E-state index in [4.69, 9.17) is 0 Å². The molecule has 0 saturated carbocycles. The normalized spacial score (nSPS) is 12.6. The predicted molar refractivity (Wildman–Crippen MR) is 91.6 cm³/mol. The Kier molecular flexibility index (Phi) is 6.00. The zero-order chi connectivity index (χ0) is 15.2. The zero-order valence-electron chi connectivity index (χ0n) is 13.1. The predicted octanol–water partition coefficient (Wildman–Crippen LogP) is 3.37. The van der Waals surface area contributed by atoms with Gasteiger partial charge in [-0.3, -0.25) is 4.68 Å². The molecule has 1 N–H and O–H groups in total. The topological polar surface area (TPSA) is 29.9 Å². The number of aryl methyl sites for hydroxylation is 2. The lowest BCUT2D eigenvalue weighted by Crippen LogP contribution is -2.23. The Morgan fingerprint density at radius 2 is 2.05 bits per heavy atom. The first kappa shape index (κ1) is 16.2. The average molecular weight is 350 g/mol. The minimum atomic E-state index is 0.564. The van der Waals surface area contributed by atoms with Crippen LogP contribution in [-0.2, 0) is 26.3 Å². The van der Waals surface area contributed by atoms with E-state index in [2.05, 4.69) is 63.6 Å². The van der Waals surface area contributed by atoms with Crippen molar-refractivity contribution in [1.29, 1.82) is 0 Å². The summed E-state index contributed by atoms with van der Waals surface area (Å²) in [6, 6.07) is 10.7. The van der Waals surface area contributed by atoms with Gasteiger partial charge in [-0.2, -0.15) is 5.10 Å². The quantitative estimate of drug-likeness (QED) is 0.830. The number of benzene rings is 1. The van der Waals surface area contributed by atoms with E-state index in [9.17, 15) is 0 Å². The molecule has 4 heteroatoms. The molecule has 2 rings (SSSR count). The number of halogens is 1. The summed E-state index contributed by atoms with van der Waals surface area (Å²) in [6.07, 6.45) is 3.11. The molecule has 0 spiro atoms. The maximum atomic E-state index is 4.55. The van der Waals surface area contributed by atoms with E-state index in [0.717, 1.165) is 25.8 Å². The largest absolute Gasteiger partial charge is 0.319 e. The van der Waals surface area contributed by atoms with Crippen molar-refractivity contribution < 1.29 is 0 Å². The molecule has 114 valence electrons. The number of nitrogens with one attached hydrogen (secondary N) is 1. The van der Waals surface area contributed by atoms with E-state index < -0.39 is 0 Å². The molecule has 0 fully saturated rings. The number of hydrogen-bond acceptors (Lipinski definition) is 2. The van der Waals surface area contributed by atoms with E-state index in [-0.39, 0.29) is 0 Å². The van der Waals surface area contributed by atoms with E-state index in [0.29, 0.717) is 5.92 Å². The summed E-state index contributed by atoms with van der Waals surface area (Å²) in [7, 11) is 4.07. The highest BCUT2D eigenvalue weighted by molar-refractivity contribution is 9.10. The zero-order valence-corrected chi connectivity index (χ0v) is 14.7. The van der Waals surface area contributed by atoms with Gasteiger partial charge in [0.25, 0.3) is 0 Å². The van der Waals surface area contributed by atoms with Gasteiger partial charge >= 0.3 is 0 Å². The molecule has 1 aromatic heterocycles. The molecule has 0 bridgehead atoms. The molecule has 2 aromatic rings. The molecule has 1 aromatic carbocycles. The summed E-state index contributed by atoms with van der Waals surface area (Å²) in [4.78, 5) is 0. The number of nitrogens with zero attached hydrogens (tertiary/aromatic N) is 2. The molecule has 0 amide bonds. The fraction of sp³-hybridized carbons (Fsp3) is 0.471. The van der Waals surface area contributed by atoms with Gasteiger partial charge in [-0.05, 0) is 56.5 Å². The van der Waals surface area contributed by atoms with Crippen molar-refractivity contribution in [2.75, 3.05) is 13.6 Å².